The summed E-state index contributed by atoms with van der Waals surface area (Å²) in [6.07, 6.45) is 5.28. The molecule has 1 aromatic rings. The molecule has 2 nitrogen and oxygen atoms in total. The lowest BCUT2D eigenvalue weighted by Gasteiger charge is -2.22. The zero-order valence-electron chi connectivity index (χ0n) is 10.5. The second-order valence-electron chi connectivity index (χ2n) is 4.91. The highest BCUT2D eigenvalue weighted by atomic mass is 79.9. The van der Waals surface area contributed by atoms with Gasteiger partial charge >= 0.3 is 0 Å². The van der Waals surface area contributed by atoms with Crippen LogP contribution in [0, 0.1) is 0 Å². The molecule has 1 aromatic carbocycles. The molecule has 2 N–H and O–H groups in total. The molecular formula is C14H21BrN2. The largest absolute Gasteiger partial charge is 0.399 e. The van der Waals surface area contributed by atoms with Gasteiger partial charge < -0.3 is 5.73 Å². The third-order valence-corrected chi connectivity index (χ3v) is 4.08. The van der Waals surface area contributed by atoms with E-state index in [-0.39, 0.29) is 0 Å². The monoisotopic (exact) mass is 296 g/mol. The highest BCUT2D eigenvalue weighted by Gasteiger charge is 2.28. The van der Waals surface area contributed by atoms with Crippen LogP contribution < -0.4 is 5.73 Å². The van der Waals surface area contributed by atoms with Crippen LogP contribution in [-0.4, -0.2) is 17.5 Å². The van der Waals surface area contributed by atoms with Crippen molar-refractivity contribution in [2.45, 2.75) is 45.2 Å². The van der Waals surface area contributed by atoms with Crippen molar-refractivity contribution in [1.82, 2.24) is 4.90 Å². The van der Waals surface area contributed by atoms with Gasteiger partial charge in [-0.3, -0.25) is 4.90 Å². The number of rotatable bonds is 6. The molecule has 1 aliphatic rings. The van der Waals surface area contributed by atoms with Gasteiger partial charge in [0.05, 0.1) is 0 Å². The minimum Gasteiger partial charge on any atom is -0.399 e. The summed E-state index contributed by atoms with van der Waals surface area (Å²) in [6.45, 7) is 4.49. The van der Waals surface area contributed by atoms with Crippen LogP contribution in [0.1, 0.15) is 38.2 Å². The molecule has 0 bridgehead atoms. The summed E-state index contributed by atoms with van der Waals surface area (Å²) in [6, 6.07) is 6.90. The number of nitrogens with two attached hydrogens (primary N) is 1. The minimum absolute atomic E-state index is 0.815. The van der Waals surface area contributed by atoms with Crippen molar-refractivity contribution >= 4 is 21.6 Å². The summed E-state index contributed by atoms with van der Waals surface area (Å²) < 4.78 is 1.17. The third kappa shape index (κ3) is 3.71. The summed E-state index contributed by atoms with van der Waals surface area (Å²) >= 11 is 3.61. The van der Waals surface area contributed by atoms with Crippen LogP contribution in [-0.2, 0) is 6.54 Å². The number of hydrogen-bond donors (Lipinski definition) is 1. The summed E-state index contributed by atoms with van der Waals surface area (Å²) in [5.74, 6) is 0. The van der Waals surface area contributed by atoms with Crippen molar-refractivity contribution in [2.75, 3.05) is 12.3 Å². The topological polar surface area (TPSA) is 29.3 Å². The van der Waals surface area contributed by atoms with Crippen molar-refractivity contribution in [2.24, 2.45) is 0 Å². The molecule has 1 aliphatic carbocycles. The molecule has 0 heterocycles. The second kappa shape index (κ2) is 5.87. The number of halogens is 1. The lowest BCUT2D eigenvalue weighted by atomic mass is 10.2. The van der Waals surface area contributed by atoms with Gasteiger partial charge in [0.15, 0.2) is 0 Å². The van der Waals surface area contributed by atoms with Crippen LogP contribution >= 0.6 is 15.9 Å². The van der Waals surface area contributed by atoms with Gasteiger partial charge in [-0.25, -0.2) is 0 Å². The van der Waals surface area contributed by atoms with Crippen LogP contribution in [0.4, 0.5) is 5.69 Å². The summed E-state index contributed by atoms with van der Waals surface area (Å²) in [5.41, 5.74) is 8.02. The third-order valence-electron chi connectivity index (χ3n) is 3.31. The molecule has 0 aromatic heterocycles. The van der Waals surface area contributed by atoms with Crippen molar-refractivity contribution in [3.05, 3.63) is 28.2 Å². The number of nitrogens with zero attached hydrogens (tertiary/aromatic N) is 1. The van der Waals surface area contributed by atoms with Crippen molar-refractivity contribution in [3.63, 3.8) is 0 Å². The number of nitrogen functional groups attached to an aromatic ring is 1. The predicted octanol–water partition coefficient (Wildman–Crippen LogP) is 3.80. The number of hydrogen-bond acceptors (Lipinski definition) is 2. The van der Waals surface area contributed by atoms with Gasteiger partial charge in [0.25, 0.3) is 0 Å². The molecule has 1 saturated carbocycles. The number of unbranched alkanes of at least 4 members (excludes halogenated alkanes) is 1. The van der Waals surface area contributed by atoms with Gasteiger partial charge in [-0.2, -0.15) is 0 Å². The molecule has 0 aliphatic heterocycles. The molecule has 0 spiro atoms. The Morgan fingerprint density at radius 1 is 1.41 bits per heavy atom. The molecule has 0 unspecified atom stereocenters. The standard InChI is InChI=1S/C14H21BrN2/c1-2-3-8-17(13-5-6-13)10-11-9-12(16)4-7-14(11)15/h4,7,9,13H,2-3,5-6,8,10,16H2,1H3. The van der Waals surface area contributed by atoms with E-state index in [1.54, 1.807) is 0 Å². The molecule has 0 radical (unpaired) electrons. The average molecular weight is 297 g/mol. The van der Waals surface area contributed by atoms with Crippen LogP contribution in [0.5, 0.6) is 0 Å². The van der Waals surface area contributed by atoms with Crippen LogP contribution in [0.15, 0.2) is 22.7 Å². The number of anilines is 1. The first kappa shape index (κ1) is 12.9. The highest BCUT2D eigenvalue weighted by Crippen LogP contribution is 2.30. The van der Waals surface area contributed by atoms with Gasteiger partial charge in [0, 0.05) is 22.7 Å². The van der Waals surface area contributed by atoms with Gasteiger partial charge in [-0.1, -0.05) is 29.3 Å². The van der Waals surface area contributed by atoms with E-state index in [0.717, 1.165) is 18.3 Å². The van der Waals surface area contributed by atoms with Crippen molar-refractivity contribution in [3.8, 4) is 0 Å². The lowest BCUT2D eigenvalue weighted by Crippen LogP contribution is -2.26. The Balaban J connectivity index is 2.03. The average Bonchev–Trinajstić information content (AvgIpc) is 3.13. The fraction of sp³-hybridized carbons (Fsp3) is 0.571. The van der Waals surface area contributed by atoms with Crippen LogP contribution in [0.2, 0.25) is 0 Å². The molecule has 1 fully saturated rings. The number of benzene rings is 1. The maximum atomic E-state index is 5.86. The van der Waals surface area contributed by atoms with E-state index >= 15 is 0 Å². The molecule has 0 atom stereocenters. The molecule has 17 heavy (non-hydrogen) atoms. The molecule has 0 saturated heterocycles. The van der Waals surface area contributed by atoms with E-state index in [4.69, 9.17) is 5.73 Å². The van der Waals surface area contributed by atoms with Gasteiger partial charge in [-0.15, -0.1) is 0 Å². The Labute approximate surface area is 112 Å². The molecule has 3 heteroatoms. The quantitative estimate of drug-likeness (QED) is 0.809. The van der Waals surface area contributed by atoms with E-state index < -0.39 is 0 Å². The van der Waals surface area contributed by atoms with Crippen LogP contribution in [0.3, 0.4) is 0 Å². The zero-order chi connectivity index (χ0) is 12.3. The first-order valence-electron chi connectivity index (χ1n) is 6.48. The van der Waals surface area contributed by atoms with Crippen molar-refractivity contribution in [1.29, 1.82) is 0 Å². The first-order valence-corrected chi connectivity index (χ1v) is 7.28. The van der Waals surface area contributed by atoms with Gasteiger partial charge in [-0.05, 0) is 49.6 Å². The maximum absolute atomic E-state index is 5.86. The van der Waals surface area contributed by atoms with Crippen molar-refractivity contribution < 1.29 is 0 Å². The summed E-state index contributed by atoms with van der Waals surface area (Å²) in [7, 11) is 0. The Bertz CT molecular complexity index is 374. The highest BCUT2D eigenvalue weighted by molar-refractivity contribution is 9.10. The van der Waals surface area contributed by atoms with Gasteiger partial charge in [0.2, 0.25) is 0 Å². The second-order valence-corrected chi connectivity index (χ2v) is 5.76. The lowest BCUT2D eigenvalue weighted by molar-refractivity contribution is 0.250. The smallest absolute Gasteiger partial charge is 0.0318 e. The van der Waals surface area contributed by atoms with Gasteiger partial charge in [0.1, 0.15) is 0 Å². The molecular weight excluding hydrogens is 276 g/mol. The Hall–Kier alpha value is -0.540. The van der Waals surface area contributed by atoms with E-state index in [1.165, 1.54) is 42.3 Å². The normalized spacial score (nSPS) is 15.5. The van der Waals surface area contributed by atoms with E-state index in [9.17, 15) is 0 Å². The molecule has 94 valence electrons. The maximum Gasteiger partial charge on any atom is 0.0318 e. The Kier molecular flexibility index (Phi) is 4.46. The SMILES string of the molecule is CCCCN(Cc1cc(N)ccc1Br)C1CC1. The Morgan fingerprint density at radius 3 is 2.82 bits per heavy atom. The predicted molar refractivity (Wildman–Crippen MR) is 76.9 cm³/mol. The van der Waals surface area contributed by atoms with E-state index in [0.29, 0.717) is 0 Å². The zero-order valence-corrected chi connectivity index (χ0v) is 12.0. The fourth-order valence-corrected chi connectivity index (χ4v) is 2.50. The summed E-state index contributed by atoms with van der Waals surface area (Å²) in [5, 5.41) is 0. The van der Waals surface area contributed by atoms with E-state index in [1.807, 2.05) is 6.07 Å². The Morgan fingerprint density at radius 2 is 2.18 bits per heavy atom. The molecule has 2 rings (SSSR count). The first-order chi connectivity index (χ1) is 8.20. The fourth-order valence-electron chi connectivity index (χ4n) is 2.13. The van der Waals surface area contributed by atoms with E-state index in [2.05, 4.69) is 39.9 Å². The minimum atomic E-state index is 0.815. The molecule has 0 amide bonds. The van der Waals surface area contributed by atoms with Crippen LogP contribution in [0.25, 0.3) is 0 Å². The summed E-state index contributed by atoms with van der Waals surface area (Å²) in [4.78, 5) is 2.60.